The molecule has 0 spiro atoms. The van der Waals surface area contributed by atoms with E-state index in [0.717, 1.165) is 31.6 Å². The van der Waals surface area contributed by atoms with Gasteiger partial charge in [0.15, 0.2) is 0 Å². The summed E-state index contributed by atoms with van der Waals surface area (Å²) in [4.78, 5) is 15.5. The van der Waals surface area contributed by atoms with Crippen LogP contribution < -0.4 is 9.64 Å². The van der Waals surface area contributed by atoms with E-state index in [1.807, 2.05) is 26.2 Å². The number of rotatable bonds is 4. The predicted molar refractivity (Wildman–Crippen MR) is 101 cm³/mol. The number of aldehydes is 1. The number of hydrogen-bond acceptors (Lipinski definition) is 7. The van der Waals surface area contributed by atoms with Gasteiger partial charge in [0.05, 0.1) is 45.3 Å². The molecule has 7 heteroatoms. The molecule has 0 saturated heterocycles. The number of nitrogens with zero attached hydrogens (tertiary/aromatic N) is 2. The Labute approximate surface area is 155 Å². The Balaban J connectivity index is 2.16. The van der Waals surface area contributed by atoms with Crippen LogP contribution in [-0.4, -0.2) is 91.2 Å². The summed E-state index contributed by atoms with van der Waals surface area (Å²) in [6, 6.07) is 5.54. The molecule has 7 nitrogen and oxygen atoms in total. The fraction of sp³-hybridized carbons (Fsp3) is 0.632. The summed E-state index contributed by atoms with van der Waals surface area (Å²) in [6.07, 6.45) is 0.834. The third-order valence-corrected chi connectivity index (χ3v) is 4.01. The van der Waals surface area contributed by atoms with E-state index in [0.29, 0.717) is 57.6 Å². The Morgan fingerprint density at radius 2 is 1.65 bits per heavy atom. The van der Waals surface area contributed by atoms with Gasteiger partial charge in [-0.25, -0.2) is 0 Å². The van der Waals surface area contributed by atoms with E-state index in [9.17, 15) is 4.79 Å². The Kier molecular flexibility index (Phi) is 9.41. The molecule has 0 bridgehead atoms. The highest BCUT2D eigenvalue weighted by atomic mass is 16.6. The first-order chi connectivity index (χ1) is 12.7. The zero-order valence-electron chi connectivity index (χ0n) is 15.8. The van der Waals surface area contributed by atoms with E-state index >= 15 is 0 Å². The summed E-state index contributed by atoms with van der Waals surface area (Å²) in [7, 11) is 4.09. The van der Waals surface area contributed by atoms with Gasteiger partial charge >= 0.3 is 0 Å². The van der Waals surface area contributed by atoms with Gasteiger partial charge in [0, 0.05) is 25.2 Å². The molecule has 0 aliphatic carbocycles. The summed E-state index contributed by atoms with van der Waals surface area (Å²) < 4.78 is 22.6. The molecule has 0 radical (unpaired) electrons. The highest BCUT2D eigenvalue weighted by Gasteiger charge is 2.14. The number of fused-ring (bicyclic) bond motifs is 1. The maximum Gasteiger partial charge on any atom is 0.150 e. The molecule has 0 fully saturated rings. The zero-order valence-corrected chi connectivity index (χ0v) is 15.8. The normalized spacial score (nSPS) is 17.7. The molecule has 0 amide bonds. The summed E-state index contributed by atoms with van der Waals surface area (Å²) >= 11 is 0. The molecular formula is C19H30N2O5. The Morgan fingerprint density at radius 1 is 1.00 bits per heavy atom. The van der Waals surface area contributed by atoms with Gasteiger partial charge in [-0.05, 0) is 32.3 Å². The summed E-state index contributed by atoms with van der Waals surface area (Å²) in [5.41, 5.74) is 1.56. The van der Waals surface area contributed by atoms with Gasteiger partial charge in [-0.15, -0.1) is 0 Å². The minimum Gasteiger partial charge on any atom is -0.489 e. The van der Waals surface area contributed by atoms with Crippen LogP contribution in [0.5, 0.6) is 5.75 Å². The van der Waals surface area contributed by atoms with E-state index in [-0.39, 0.29) is 0 Å². The molecule has 1 aromatic carbocycles. The van der Waals surface area contributed by atoms with Crippen molar-refractivity contribution < 1.29 is 23.7 Å². The second kappa shape index (κ2) is 11.9. The van der Waals surface area contributed by atoms with Crippen molar-refractivity contribution in [1.82, 2.24) is 4.90 Å². The smallest absolute Gasteiger partial charge is 0.150 e. The molecule has 0 atom stereocenters. The first-order valence-electron chi connectivity index (χ1n) is 9.05. The van der Waals surface area contributed by atoms with Crippen LogP contribution in [0.1, 0.15) is 10.4 Å². The lowest BCUT2D eigenvalue weighted by Gasteiger charge is -2.28. The maximum atomic E-state index is 11.2. The molecule has 0 unspecified atom stereocenters. The number of benzene rings is 1. The second-order valence-corrected chi connectivity index (χ2v) is 6.32. The number of ether oxygens (including phenoxy) is 4. The van der Waals surface area contributed by atoms with Crippen LogP contribution >= 0.6 is 0 Å². The molecule has 0 N–H and O–H groups in total. The third-order valence-electron chi connectivity index (χ3n) is 4.01. The van der Waals surface area contributed by atoms with Gasteiger partial charge < -0.3 is 28.7 Å². The third kappa shape index (κ3) is 7.29. The van der Waals surface area contributed by atoms with Crippen molar-refractivity contribution in [2.75, 3.05) is 84.9 Å². The Bertz CT molecular complexity index is 539. The topological polar surface area (TPSA) is 60.5 Å². The SMILES string of the molecule is CN(C)CCN1CCOCCOCCOCCOc2cc(C=O)ccc21. The van der Waals surface area contributed by atoms with Crippen LogP contribution in [-0.2, 0) is 14.2 Å². The second-order valence-electron chi connectivity index (χ2n) is 6.32. The number of hydrogen-bond donors (Lipinski definition) is 0. The van der Waals surface area contributed by atoms with Crippen LogP contribution in [0.4, 0.5) is 5.69 Å². The number of carbonyl (C=O) groups excluding carboxylic acids is 1. The van der Waals surface area contributed by atoms with E-state index < -0.39 is 0 Å². The van der Waals surface area contributed by atoms with Crippen molar-refractivity contribution in [1.29, 1.82) is 0 Å². The molecule has 1 aliphatic rings. The monoisotopic (exact) mass is 366 g/mol. The lowest BCUT2D eigenvalue weighted by Crippen LogP contribution is -2.34. The van der Waals surface area contributed by atoms with Crippen molar-refractivity contribution in [3.8, 4) is 5.75 Å². The molecule has 0 aromatic heterocycles. The summed E-state index contributed by atoms with van der Waals surface area (Å²) in [5, 5.41) is 0. The molecule has 26 heavy (non-hydrogen) atoms. The fourth-order valence-electron chi connectivity index (χ4n) is 2.58. The lowest BCUT2D eigenvalue weighted by atomic mass is 10.2. The van der Waals surface area contributed by atoms with Gasteiger partial charge in [0.2, 0.25) is 0 Å². The summed E-state index contributed by atoms with van der Waals surface area (Å²) in [6.45, 7) is 6.18. The zero-order chi connectivity index (χ0) is 18.6. The molecule has 1 aliphatic heterocycles. The first kappa shape index (κ1) is 20.6. The minimum absolute atomic E-state index is 0.424. The van der Waals surface area contributed by atoms with Crippen molar-refractivity contribution in [3.63, 3.8) is 0 Å². The number of carbonyl (C=O) groups is 1. The highest BCUT2D eigenvalue weighted by Crippen LogP contribution is 2.29. The standard InChI is InChI=1S/C19H30N2O5/c1-20(2)5-6-21-7-8-23-9-10-24-11-12-25-13-14-26-19-15-17(16-22)3-4-18(19)21/h3-4,15-16H,5-14H2,1-2H3. The number of anilines is 1. The van der Waals surface area contributed by atoms with Crippen LogP contribution in [0.25, 0.3) is 0 Å². The van der Waals surface area contributed by atoms with Crippen LogP contribution in [0.2, 0.25) is 0 Å². The van der Waals surface area contributed by atoms with Crippen LogP contribution in [0.15, 0.2) is 18.2 Å². The van der Waals surface area contributed by atoms with Crippen LogP contribution in [0.3, 0.4) is 0 Å². The van der Waals surface area contributed by atoms with Gasteiger partial charge in [-0.2, -0.15) is 0 Å². The molecule has 0 saturated carbocycles. The van der Waals surface area contributed by atoms with Crippen molar-refractivity contribution in [3.05, 3.63) is 23.8 Å². The maximum absolute atomic E-state index is 11.2. The first-order valence-corrected chi connectivity index (χ1v) is 9.05. The molecule has 146 valence electrons. The lowest BCUT2D eigenvalue weighted by molar-refractivity contribution is 0.0110. The van der Waals surface area contributed by atoms with Crippen molar-refractivity contribution in [2.45, 2.75) is 0 Å². The average molecular weight is 366 g/mol. The Morgan fingerprint density at radius 3 is 2.31 bits per heavy atom. The van der Waals surface area contributed by atoms with Gasteiger partial charge in [0.25, 0.3) is 0 Å². The molecule has 1 aromatic rings. The molecule has 1 heterocycles. The van der Waals surface area contributed by atoms with E-state index in [4.69, 9.17) is 18.9 Å². The Hall–Kier alpha value is -1.67. The largest absolute Gasteiger partial charge is 0.489 e. The average Bonchev–Trinajstić information content (AvgIpc) is 2.65. The molecule has 2 rings (SSSR count). The molecular weight excluding hydrogens is 336 g/mol. The van der Waals surface area contributed by atoms with E-state index in [2.05, 4.69) is 9.80 Å². The van der Waals surface area contributed by atoms with Gasteiger partial charge in [-0.3, -0.25) is 4.79 Å². The number of likely N-dealkylation sites (N-methyl/N-ethyl adjacent to an activating group) is 1. The quantitative estimate of drug-likeness (QED) is 0.745. The van der Waals surface area contributed by atoms with Crippen LogP contribution in [0, 0.1) is 0 Å². The highest BCUT2D eigenvalue weighted by molar-refractivity contribution is 5.78. The van der Waals surface area contributed by atoms with Crippen molar-refractivity contribution in [2.24, 2.45) is 0 Å². The van der Waals surface area contributed by atoms with E-state index in [1.54, 1.807) is 6.07 Å². The van der Waals surface area contributed by atoms with Gasteiger partial charge in [-0.1, -0.05) is 0 Å². The van der Waals surface area contributed by atoms with E-state index in [1.165, 1.54) is 0 Å². The summed E-state index contributed by atoms with van der Waals surface area (Å²) in [5.74, 6) is 0.697. The minimum atomic E-state index is 0.424. The van der Waals surface area contributed by atoms with Crippen molar-refractivity contribution >= 4 is 12.0 Å². The van der Waals surface area contributed by atoms with Gasteiger partial charge in [0.1, 0.15) is 18.6 Å². The fourth-order valence-corrected chi connectivity index (χ4v) is 2.58. The predicted octanol–water partition coefficient (Wildman–Crippen LogP) is 1.31.